The minimum absolute atomic E-state index is 0.102. The van der Waals surface area contributed by atoms with E-state index in [2.05, 4.69) is 10.3 Å². The van der Waals surface area contributed by atoms with E-state index in [0.717, 1.165) is 28.4 Å². The molecule has 0 unspecified atom stereocenters. The van der Waals surface area contributed by atoms with Gasteiger partial charge in [-0.15, -0.1) is 0 Å². The highest BCUT2D eigenvalue weighted by atomic mass is 16.5. The lowest BCUT2D eigenvalue weighted by Crippen LogP contribution is -2.37. The molecule has 2 aromatic carbocycles. The van der Waals surface area contributed by atoms with Crippen LogP contribution in [0.15, 0.2) is 60.9 Å². The van der Waals surface area contributed by atoms with Crippen LogP contribution in [0.5, 0.6) is 5.75 Å². The van der Waals surface area contributed by atoms with Gasteiger partial charge in [-0.3, -0.25) is 4.79 Å². The summed E-state index contributed by atoms with van der Waals surface area (Å²) in [6.45, 7) is 6.36. The van der Waals surface area contributed by atoms with Crippen LogP contribution in [0.25, 0.3) is 5.69 Å². The first-order valence-corrected chi connectivity index (χ1v) is 9.17. The number of nitrogens with one attached hydrogen (secondary N) is 1. The molecule has 5 heteroatoms. The van der Waals surface area contributed by atoms with E-state index in [4.69, 9.17) is 4.74 Å². The quantitative estimate of drug-likeness (QED) is 0.691. The largest absolute Gasteiger partial charge is 0.480 e. The van der Waals surface area contributed by atoms with Crippen molar-refractivity contribution in [3.8, 4) is 11.4 Å². The summed E-state index contributed by atoms with van der Waals surface area (Å²) in [5.74, 6) is 1.59. The van der Waals surface area contributed by atoms with Crippen LogP contribution in [0.4, 0.5) is 0 Å². The van der Waals surface area contributed by atoms with E-state index in [-0.39, 0.29) is 5.91 Å². The molecule has 0 saturated carbocycles. The summed E-state index contributed by atoms with van der Waals surface area (Å²) in [7, 11) is 0. The highest BCUT2D eigenvalue weighted by molar-refractivity contribution is 5.81. The monoisotopic (exact) mass is 363 g/mol. The van der Waals surface area contributed by atoms with Gasteiger partial charge in [0.05, 0.1) is 0 Å². The van der Waals surface area contributed by atoms with Crippen LogP contribution < -0.4 is 10.1 Å². The first-order chi connectivity index (χ1) is 13.1. The van der Waals surface area contributed by atoms with Crippen molar-refractivity contribution in [2.75, 3.05) is 0 Å². The minimum atomic E-state index is -0.501. The minimum Gasteiger partial charge on any atom is -0.480 e. The first-order valence-electron chi connectivity index (χ1n) is 9.17. The van der Waals surface area contributed by atoms with Gasteiger partial charge >= 0.3 is 0 Å². The van der Waals surface area contributed by atoms with Crippen molar-refractivity contribution in [3.63, 3.8) is 0 Å². The van der Waals surface area contributed by atoms with E-state index in [1.807, 2.05) is 80.1 Å². The molecule has 0 fully saturated rings. The van der Waals surface area contributed by atoms with Gasteiger partial charge in [-0.05, 0) is 49.6 Å². The second kappa shape index (κ2) is 8.54. The molecule has 0 radical (unpaired) electrons. The topological polar surface area (TPSA) is 56.1 Å². The fourth-order valence-electron chi connectivity index (χ4n) is 2.89. The SMILES string of the molecule is CC[C@@H](Oc1ccccc1C)C(=O)NCc1ccc(-n2ccnc2C)cc1. The number of hydrogen-bond acceptors (Lipinski definition) is 3. The Kier molecular flexibility index (Phi) is 5.91. The van der Waals surface area contributed by atoms with Crippen molar-refractivity contribution in [2.24, 2.45) is 0 Å². The summed E-state index contributed by atoms with van der Waals surface area (Å²) in [6, 6.07) is 15.8. The van der Waals surface area contributed by atoms with Crippen molar-refractivity contribution < 1.29 is 9.53 Å². The highest BCUT2D eigenvalue weighted by Gasteiger charge is 2.18. The average Bonchev–Trinajstić information content (AvgIpc) is 3.12. The van der Waals surface area contributed by atoms with Crippen LogP contribution in [0.1, 0.15) is 30.3 Å². The average molecular weight is 363 g/mol. The summed E-state index contributed by atoms with van der Waals surface area (Å²) < 4.78 is 7.92. The normalized spacial score (nSPS) is 11.8. The van der Waals surface area contributed by atoms with Crippen LogP contribution >= 0.6 is 0 Å². The zero-order valence-corrected chi connectivity index (χ0v) is 16.0. The number of rotatable bonds is 7. The molecule has 0 spiro atoms. The standard InChI is InChI=1S/C22H25N3O2/c1-4-20(27-21-8-6-5-7-16(21)2)22(26)24-15-18-9-11-19(12-10-18)25-14-13-23-17(25)3/h5-14,20H,4,15H2,1-3H3,(H,24,26)/t20-/m1/s1. The van der Waals surface area contributed by atoms with Gasteiger partial charge in [-0.1, -0.05) is 37.3 Å². The number of para-hydroxylation sites is 1. The molecule has 3 rings (SSSR count). The van der Waals surface area contributed by atoms with Crippen LogP contribution in [-0.2, 0) is 11.3 Å². The second-order valence-electron chi connectivity index (χ2n) is 6.51. The van der Waals surface area contributed by atoms with Crippen molar-refractivity contribution in [1.29, 1.82) is 0 Å². The summed E-state index contributed by atoms with van der Waals surface area (Å²) in [5, 5.41) is 2.97. The number of amides is 1. The summed E-state index contributed by atoms with van der Waals surface area (Å²) in [5.41, 5.74) is 3.11. The molecule has 1 amide bonds. The predicted octanol–water partition coefficient (Wildman–Crippen LogP) is 3.96. The number of imidazole rings is 1. The fraction of sp³-hybridized carbons (Fsp3) is 0.273. The molecule has 1 heterocycles. The Balaban J connectivity index is 1.59. The molecule has 1 aromatic heterocycles. The maximum Gasteiger partial charge on any atom is 0.261 e. The molecule has 0 saturated heterocycles. The Hall–Kier alpha value is -3.08. The fourth-order valence-corrected chi connectivity index (χ4v) is 2.89. The Labute approximate surface area is 160 Å². The predicted molar refractivity (Wildman–Crippen MR) is 106 cm³/mol. The maximum absolute atomic E-state index is 12.5. The third kappa shape index (κ3) is 4.56. The number of aryl methyl sites for hydroxylation is 2. The van der Waals surface area contributed by atoms with Crippen LogP contribution in [0, 0.1) is 13.8 Å². The number of carbonyl (C=O) groups excluding carboxylic acids is 1. The third-order valence-corrected chi connectivity index (χ3v) is 4.53. The van der Waals surface area contributed by atoms with Gasteiger partial charge in [0, 0.05) is 24.6 Å². The maximum atomic E-state index is 12.5. The Morgan fingerprint density at radius 1 is 1.15 bits per heavy atom. The molecule has 1 atom stereocenters. The van der Waals surface area contributed by atoms with E-state index in [0.29, 0.717) is 13.0 Å². The smallest absolute Gasteiger partial charge is 0.261 e. The Morgan fingerprint density at radius 2 is 1.89 bits per heavy atom. The van der Waals surface area contributed by atoms with Gasteiger partial charge < -0.3 is 14.6 Å². The van der Waals surface area contributed by atoms with Crippen molar-refractivity contribution in [3.05, 3.63) is 77.9 Å². The highest BCUT2D eigenvalue weighted by Crippen LogP contribution is 2.19. The van der Waals surface area contributed by atoms with E-state index < -0.39 is 6.10 Å². The number of nitrogens with zero attached hydrogens (tertiary/aromatic N) is 2. The lowest BCUT2D eigenvalue weighted by Gasteiger charge is -2.18. The van der Waals surface area contributed by atoms with E-state index >= 15 is 0 Å². The Bertz CT molecular complexity index is 900. The first kappa shape index (κ1) is 18.7. The number of ether oxygens (including phenoxy) is 1. The molecule has 0 aliphatic heterocycles. The Morgan fingerprint density at radius 3 is 2.52 bits per heavy atom. The summed E-state index contributed by atoms with van der Waals surface area (Å²) >= 11 is 0. The molecule has 0 aliphatic rings. The van der Waals surface area contributed by atoms with Gasteiger partial charge in [-0.2, -0.15) is 0 Å². The lowest BCUT2D eigenvalue weighted by molar-refractivity contribution is -0.128. The second-order valence-corrected chi connectivity index (χ2v) is 6.51. The zero-order valence-electron chi connectivity index (χ0n) is 16.0. The molecule has 27 heavy (non-hydrogen) atoms. The molecule has 0 aliphatic carbocycles. The molecule has 140 valence electrons. The van der Waals surface area contributed by atoms with Gasteiger partial charge in [0.15, 0.2) is 6.10 Å². The molecule has 1 N–H and O–H groups in total. The zero-order chi connectivity index (χ0) is 19.2. The van der Waals surface area contributed by atoms with E-state index in [1.165, 1.54) is 0 Å². The molecule has 3 aromatic rings. The summed E-state index contributed by atoms with van der Waals surface area (Å²) in [4.78, 5) is 16.7. The number of carbonyl (C=O) groups is 1. The van der Waals surface area contributed by atoms with Crippen molar-refractivity contribution in [1.82, 2.24) is 14.9 Å². The third-order valence-electron chi connectivity index (χ3n) is 4.53. The van der Waals surface area contributed by atoms with Crippen molar-refractivity contribution >= 4 is 5.91 Å². The van der Waals surface area contributed by atoms with Crippen LogP contribution in [0.2, 0.25) is 0 Å². The molecule has 5 nitrogen and oxygen atoms in total. The van der Waals surface area contributed by atoms with Crippen LogP contribution in [0.3, 0.4) is 0 Å². The number of aromatic nitrogens is 2. The van der Waals surface area contributed by atoms with Gasteiger partial charge in [0.25, 0.3) is 5.91 Å². The number of benzene rings is 2. The van der Waals surface area contributed by atoms with Gasteiger partial charge in [0.1, 0.15) is 11.6 Å². The van der Waals surface area contributed by atoms with Gasteiger partial charge in [0.2, 0.25) is 0 Å². The molecular formula is C22H25N3O2. The number of hydrogen-bond donors (Lipinski definition) is 1. The van der Waals surface area contributed by atoms with Gasteiger partial charge in [-0.25, -0.2) is 4.98 Å². The van der Waals surface area contributed by atoms with Crippen molar-refractivity contribution in [2.45, 2.75) is 39.8 Å². The van der Waals surface area contributed by atoms with E-state index in [1.54, 1.807) is 6.20 Å². The van der Waals surface area contributed by atoms with Crippen LogP contribution in [-0.4, -0.2) is 21.6 Å². The molecule has 0 bridgehead atoms. The molecular weight excluding hydrogens is 338 g/mol. The van der Waals surface area contributed by atoms with E-state index in [9.17, 15) is 4.79 Å². The summed E-state index contributed by atoms with van der Waals surface area (Å²) in [6.07, 6.45) is 3.82. The lowest BCUT2D eigenvalue weighted by atomic mass is 10.2.